The summed E-state index contributed by atoms with van der Waals surface area (Å²) in [5.74, 6) is -0.710. The molecule has 5 heteroatoms. The molecule has 0 aromatic heterocycles. The van der Waals surface area contributed by atoms with Crippen LogP contribution in [0.1, 0.15) is 140 Å². The average molecular weight is 659 g/mol. The van der Waals surface area contributed by atoms with Gasteiger partial charge in [0, 0.05) is 18.8 Å². The van der Waals surface area contributed by atoms with Gasteiger partial charge in [-0.15, -0.1) is 0 Å². The van der Waals surface area contributed by atoms with E-state index in [1.165, 1.54) is 62.7 Å². The number of hydrogen-bond acceptors (Lipinski definition) is 3. The molecule has 0 bridgehead atoms. The van der Waals surface area contributed by atoms with Crippen LogP contribution >= 0.6 is 0 Å². The van der Waals surface area contributed by atoms with Crippen LogP contribution in [0.15, 0.2) is 84.9 Å². The van der Waals surface area contributed by atoms with E-state index in [2.05, 4.69) is 13.8 Å². The van der Waals surface area contributed by atoms with E-state index in [9.17, 15) is 20.1 Å². The van der Waals surface area contributed by atoms with E-state index < -0.39 is 23.1 Å². The summed E-state index contributed by atoms with van der Waals surface area (Å²) in [7, 11) is 0. The van der Waals surface area contributed by atoms with Gasteiger partial charge >= 0.3 is 5.97 Å². The van der Waals surface area contributed by atoms with Crippen molar-refractivity contribution in [2.45, 2.75) is 128 Å². The lowest BCUT2D eigenvalue weighted by Crippen LogP contribution is -3.13. The Hall–Kier alpha value is -2.99. The highest BCUT2D eigenvalue weighted by molar-refractivity contribution is 5.80. The fourth-order valence-electron chi connectivity index (χ4n) is 7.06. The number of unbranched alkanes of at least 4 members (excludes halogenated alkanes) is 8. The zero-order valence-corrected chi connectivity index (χ0v) is 30.3. The summed E-state index contributed by atoms with van der Waals surface area (Å²) in [4.78, 5) is 13.0. The molecule has 1 fully saturated rings. The van der Waals surface area contributed by atoms with Gasteiger partial charge < -0.3 is 20.2 Å². The molecule has 1 unspecified atom stereocenters. The predicted octanol–water partition coefficient (Wildman–Crippen LogP) is 8.63. The molecular formula is C43H64NO4+. The number of nitrogens with one attached hydrogen (secondary N) is 1. The molecule has 0 spiro atoms. The molecule has 264 valence electrons. The fraction of sp³-hybridized carbons (Fsp3) is 0.558. The Balaban J connectivity index is 0.000000488. The maximum Gasteiger partial charge on any atom is 0.313 e. The highest BCUT2D eigenvalue weighted by Gasteiger charge is 2.42. The lowest BCUT2D eigenvalue weighted by molar-refractivity contribution is -0.906. The molecule has 1 saturated heterocycles. The van der Waals surface area contributed by atoms with Crippen LogP contribution in [0.5, 0.6) is 0 Å². The molecule has 1 aliphatic rings. The van der Waals surface area contributed by atoms with Crippen molar-refractivity contribution >= 4 is 5.97 Å². The second-order valence-corrected chi connectivity index (χ2v) is 14.5. The maximum absolute atomic E-state index is 12.1. The smallest absolute Gasteiger partial charge is 0.313 e. The molecule has 0 saturated carbocycles. The minimum atomic E-state index is -0.994. The maximum atomic E-state index is 12.1. The fourth-order valence-corrected chi connectivity index (χ4v) is 7.06. The number of benzene rings is 3. The Kier molecular flexibility index (Phi) is 16.9. The molecule has 48 heavy (non-hydrogen) atoms. The molecular weight excluding hydrogens is 594 g/mol. The molecule has 4 rings (SSSR count). The zero-order valence-electron chi connectivity index (χ0n) is 30.3. The number of piperidine rings is 1. The number of aliphatic carboxylic acids is 1. The lowest BCUT2D eigenvalue weighted by Gasteiger charge is -2.41. The minimum absolute atomic E-state index is 0.153. The first-order valence-electron chi connectivity index (χ1n) is 18.8. The third-order valence-corrected chi connectivity index (χ3v) is 10.5. The number of rotatable bonds is 18. The van der Waals surface area contributed by atoms with Crippen LogP contribution in [0, 0.1) is 5.92 Å². The Morgan fingerprint density at radius 1 is 0.708 bits per heavy atom. The van der Waals surface area contributed by atoms with Crippen molar-refractivity contribution in [2.24, 2.45) is 5.92 Å². The van der Waals surface area contributed by atoms with Crippen LogP contribution in [-0.2, 0) is 15.8 Å². The van der Waals surface area contributed by atoms with Gasteiger partial charge in [-0.25, -0.2) is 0 Å². The van der Waals surface area contributed by atoms with Crippen molar-refractivity contribution in [2.75, 3.05) is 19.6 Å². The van der Waals surface area contributed by atoms with E-state index in [1.807, 2.05) is 84.9 Å². The molecule has 1 aliphatic heterocycles. The van der Waals surface area contributed by atoms with E-state index in [-0.39, 0.29) is 5.92 Å². The first-order chi connectivity index (χ1) is 23.1. The van der Waals surface area contributed by atoms with Crippen LogP contribution in [-0.4, -0.2) is 40.9 Å². The third-order valence-electron chi connectivity index (χ3n) is 10.5. The van der Waals surface area contributed by atoms with Crippen LogP contribution in [0.3, 0.4) is 0 Å². The summed E-state index contributed by atoms with van der Waals surface area (Å²) in [6.07, 6.45) is 15.9. The normalized spacial score (nSPS) is 17.3. The van der Waals surface area contributed by atoms with Crippen molar-refractivity contribution < 1.29 is 25.0 Å². The largest absolute Gasteiger partial charge is 0.481 e. The Labute approximate surface area is 291 Å². The number of aliphatic hydroxyl groups excluding tert-OH is 1. The monoisotopic (exact) mass is 658 g/mol. The molecule has 3 aromatic carbocycles. The number of carboxylic acids is 1. The standard InChI is InChI=1S/C32H39NO4.C11H24/c1-31(2,30(35)36)25-17-15-24(16-18-25)29(34)14-9-21-33-22-19-28(20-23-33)32(37,26-10-5-3-6-11-26)27-12-7-4-8-13-27;1-3-5-7-9-11-10-8-6-4-2/h3-8,10-13,15-18,28-29,34,37H,9,14,19-23H2,1-2H3,(H,35,36);3-11H2,1-2H3/p+1. The van der Waals surface area contributed by atoms with Crippen LogP contribution in [0.2, 0.25) is 0 Å². The molecule has 1 heterocycles. The molecule has 0 radical (unpaired) electrons. The first-order valence-corrected chi connectivity index (χ1v) is 18.8. The van der Waals surface area contributed by atoms with Gasteiger partial charge in [0.25, 0.3) is 0 Å². The number of likely N-dealkylation sites (tertiary alicyclic amines) is 1. The van der Waals surface area contributed by atoms with Crippen molar-refractivity contribution in [3.8, 4) is 0 Å². The molecule has 5 nitrogen and oxygen atoms in total. The van der Waals surface area contributed by atoms with Crippen LogP contribution in [0.4, 0.5) is 0 Å². The average Bonchev–Trinajstić information content (AvgIpc) is 3.12. The van der Waals surface area contributed by atoms with Gasteiger partial charge in [0.2, 0.25) is 0 Å². The molecule has 0 amide bonds. The second kappa shape index (κ2) is 20.5. The molecule has 4 N–H and O–H groups in total. The van der Waals surface area contributed by atoms with E-state index >= 15 is 0 Å². The van der Waals surface area contributed by atoms with Crippen molar-refractivity contribution in [1.29, 1.82) is 0 Å². The first kappa shape index (κ1) is 39.4. The SMILES string of the molecule is CC(C)(C(=O)O)c1ccc(C(O)CCC[NH+]2CCC(C(O)(c3ccccc3)c3ccccc3)CC2)cc1.CCCCCCCCCCC. The second-order valence-electron chi connectivity index (χ2n) is 14.5. The minimum Gasteiger partial charge on any atom is -0.481 e. The van der Waals surface area contributed by atoms with E-state index in [4.69, 9.17) is 0 Å². The Morgan fingerprint density at radius 3 is 1.60 bits per heavy atom. The van der Waals surface area contributed by atoms with Gasteiger partial charge in [-0.3, -0.25) is 4.79 Å². The van der Waals surface area contributed by atoms with Gasteiger partial charge in [0.15, 0.2) is 0 Å². The topological polar surface area (TPSA) is 82.2 Å². The predicted molar refractivity (Wildman–Crippen MR) is 198 cm³/mol. The van der Waals surface area contributed by atoms with E-state index in [0.29, 0.717) is 6.42 Å². The summed E-state index contributed by atoms with van der Waals surface area (Å²) < 4.78 is 0. The number of aliphatic hydroxyl groups is 2. The van der Waals surface area contributed by atoms with Crippen molar-refractivity contribution in [3.05, 3.63) is 107 Å². The molecule has 3 aromatic rings. The molecule has 0 aliphatic carbocycles. The number of carbonyl (C=O) groups is 1. The van der Waals surface area contributed by atoms with Crippen LogP contribution in [0.25, 0.3) is 0 Å². The highest BCUT2D eigenvalue weighted by atomic mass is 16.4. The highest BCUT2D eigenvalue weighted by Crippen LogP contribution is 2.40. The van der Waals surface area contributed by atoms with Gasteiger partial charge in [-0.05, 0) is 48.9 Å². The van der Waals surface area contributed by atoms with Gasteiger partial charge in [0.1, 0.15) is 5.60 Å². The van der Waals surface area contributed by atoms with Gasteiger partial charge in [0.05, 0.1) is 31.2 Å². The Bertz CT molecular complexity index is 1240. The number of quaternary nitrogens is 1. The molecule has 1 atom stereocenters. The van der Waals surface area contributed by atoms with Crippen LogP contribution < -0.4 is 4.90 Å². The summed E-state index contributed by atoms with van der Waals surface area (Å²) >= 11 is 0. The summed E-state index contributed by atoms with van der Waals surface area (Å²) in [5.41, 5.74) is 1.52. The lowest BCUT2D eigenvalue weighted by atomic mass is 9.72. The van der Waals surface area contributed by atoms with Gasteiger partial charge in [-0.1, -0.05) is 157 Å². The van der Waals surface area contributed by atoms with E-state index in [1.54, 1.807) is 13.8 Å². The Morgan fingerprint density at radius 2 is 1.17 bits per heavy atom. The van der Waals surface area contributed by atoms with Gasteiger partial charge in [-0.2, -0.15) is 0 Å². The van der Waals surface area contributed by atoms with Crippen molar-refractivity contribution in [3.63, 3.8) is 0 Å². The summed E-state index contributed by atoms with van der Waals surface area (Å²) in [6, 6.07) is 27.4. The van der Waals surface area contributed by atoms with E-state index in [0.717, 1.165) is 61.2 Å². The summed E-state index contributed by atoms with van der Waals surface area (Å²) in [5, 5.41) is 32.2. The summed E-state index contributed by atoms with van der Waals surface area (Å²) in [6.45, 7) is 10.9. The number of carboxylic acid groups (broad SMARTS) is 1. The zero-order chi connectivity index (χ0) is 34.8. The van der Waals surface area contributed by atoms with Crippen molar-refractivity contribution in [1.82, 2.24) is 0 Å². The quantitative estimate of drug-likeness (QED) is 0.103. The third kappa shape index (κ3) is 11.6. The number of hydrogen-bond donors (Lipinski definition) is 4.